The molecule has 0 aromatic carbocycles. The van der Waals surface area contributed by atoms with Gasteiger partial charge in [0.05, 0.1) is 13.3 Å². The van der Waals surface area contributed by atoms with E-state index >= 15 is 0 Å². The first kappa shape index (κ1) is 49.5. The van der Waals surface area contributed by atoms with Crippen LogP contribution in [0.1, 0.15) is 91.5 Å². The normalized spacial score (nSPS) is 8.35. The Labute approximate surface area is 154 Å². The highest BCUT2D eigenvalue weighted by atomic mass is 15.4. The van der Waals surface area contributed by atoms with Gasteiger partial charge in [-0.1, -0.05) is 78.7 Å². The van der Waals surface area contributed by atoms with Crippen molar-refractivity contribution in [3.8, 4) is 0 Å². The molecule has 0 aliphatic heterocycles. The van der Waals surface area contributed by atoms with Crippen molar-refractivity contribution in [3.05, 3.63) is 0 Å². The summed E-state index contributed by atoms with van der Waals surface area (Å²) in [5.41, 5.74) is 0. The molecule has 0 spiro atoms. The van der Waals surface area contributed by atoms with Crippen molar-refractivity contribution in [1.82, 2.24) is 14.7 Å². The van der Waals surface area contributed by atoms with E-state index in [4.69, 9.17) is 0 Å². The summed E-state index contributed by atoms with van der Waals surface area (Å²) in [5.74, 6) is 0. The standard InChI is InChI=1S/C13H31N3.7CH4/c1-6-8-10-14(3)12-16(5)13-15(4)11-9-7-2;;;;;;;/h6-13H2,1-5H3;7*1H4. The Morgan fingerprint density at radius 2 is 0.739 bits per heavy atom. The Morgan fingerprint density at radius 1 is 0.478 bits per heavy atom. The molecule has 23 heavy (non-hydrogen) atoms. The molecule has 0 bridgehead atoms. The minimum absolute atomic E-state index is 0. The van der Waals surface area contributed by atoms with E-state index in [-0.39, 0.29) is 52.0 Å². The summed E-state index contributed by atoms with van der Waals surface area (Å²) in [6.45, 7) is 9.04. The van der Waals surface area contributed by atoms with E-state index in [1.54, 1.807) is 0 Å². The van der Waals surface area contributed by atoms with Crippen molar-refractivity contribution < 1.29 is 0 Å². The zero-order chi connectivity index (χ0) is 12.4. The summed E-state index contributed by atoms with van der Waals surface area (Å²) in [7, 11) is 6.61. The van der Waals surface area contributed by atoms with Crippen LogP contribution in [0.2, 0.25) is 0 Å². The lowest BCUT2D eigenvalue weighted by atomic mass is 10.3. The average Bonchev–Trinajstić information content (AvgIpc) is 2.23. The van der Waals surface area contributed by atoms with Crippen molar-refractivity contribution in [2.75, 3.05) is 47.6 Å². The molecule has 0 rings (SSSR count). The third-order valence-electron chi connectivity index (χ3n) is 2.75. The van der Waals surface area contributed by atoms with Crippen molar-refractivity contribution in [3.63, 3.8) is 0 Å². The van der Waals surface area contributed by atoms with E-state index in [2.05, 4.69) is 49.7 Å². The van der Waals surface area contributed by atoms with Crippen LogP contribution in [-0.2, 0) is 0 Å². The molecule has 0 saturated carbocycles. The molecule has 3 heteroatoms. The fourth-order valence-electron chi connectivity index (χ4n) is 1.87. The zero-order valence-corrected chi connectivity index (χ0v) is 12.0. The SMILES string of the molecule is C.C.C.C.C.C.C.CCCCN(C)CN(C)CN(C)CCCC. The Kier molecular flexibility index (Phi) is 72.0. The van der Waals surface area contributed by atoms with Gasteiger partial charge in [0.15, 0.2) is 0 Å². The maximum absolute atomic E-state index is 2.40. The fourth-order valence-corrected chi connectivity index (χ4v) is 1.87. The quantitative estimate of drug-likeness (QED) is 0.407. The van der Waals surface area contributed by atoms with E-state index in [1.165, 1.54) is 38.8 Å². The average molecular weight is 342 g/mol. The van der Waals surface area contributed by atoms with Gasteiger partial charge < -0.3 is 0 Å². The Balaban J connectivity index is -0.0000000536. The second-order valence-electron chi connectivity index (χ2n) is 5.01. The van der Waals surface area contributed by atoms with Gasteiger partial charge in [-0.05, 0) is 47.1 Å². The monoisotopic (exact) mass is 341 g/mol. The third-order valence-corrected chi connectivity index (χ3v) is 2.75. The number of unbranched alkanes of at least 4 members (excludes halogenated alkanes) is 2. The number of hydrogen-bond acceptors (Lipinski definition) is 3. The largest absolute Gasteiger partial charge is 0.294 e. The number of hydrogen-bond donors (Lipinski definition) is 0. The summed E-state index contributed by atoms with van der Waals surface area (Å²) < 4.78 is 0. The minimum atomic E-state index is 0. The lowest BCUT2D eigenvalue weighted by molar-refractivity contribution is 0.117. The molecule has 0 aromatic heterocycles. The molecule has 0 heterocycles. The van der Waals surface area contributed by atoms with Gasteiger partial charge in [0.2, 0.25) is 0 Å². The Hall–Kier alpha value is -0.120. The van der Waals surface area contributed by atoms with E-state index in [1.807, 2.05) is 0 Å². The van der Waals surface area contributed by atoms with Crippen LogP contribution < -0.4 is 0 Å². The van der Waals surface area contributed by atoms with E-state index in [9.17, 15) is 0 Å². The molecular weight excluding hydrogens is 282 g/mol. The van der Waals surface area contributed by atoms with E-state index in [0.717, 1.165) is 13.3 Å². The van der Waals surface area contributed by atoms with Crippen LogP contribution in [-0.4, -0.2) is 62.3 Å². The maximum atomic E-state index is 2.40. The second kappa shape index (κ2) is 33.5. The van der Waals surface area contributed by atoms with Gasteiger partial charge in [0.1, 0.15) is 0 Å². The van der Waals surface area contributed by atoms with Gasteiger partial charge in [-0.3, -0.25) is 14.7 Å². The predicted molar refractivity (Wildman–Crippen MR) is 120 cm³/mol. The lowest BCUT2D eigenvalue weighted by Crippen LogP contribution is -2.40. The molecule has 0 N–H and O–H groups in total. The van der Waals surface area contributed by atoms with Crippen molar-refractivity contribution in [1.29, 1.82) is 0 Å². The summed E-state index contributed by atoms with van der Waals surface area (Å²) in [4.78, 5) is 7.18. The number of nitrogens with zero attached hydrogens (tertiary/aromatic N) is 3. The van der Waals surface area contributed by atoms with Crippen LogP contribution in [0.3, 0.4) is 0 Å². The topological polar surface area (TPSA) is 9.72 Å². The molecule has 0 radical (unpaired) electrons. The lowest BCUT2D eigenvalue weighted by Gasteiger charge is -2.28. The summed E-state index contributed by atoms with van der Waals surface area (Å²) in [6, 6.07) is 0. The molecule has 0 atom stereocenters. The molecule has 0 amide bonds. The van der Waals surface area contributed by atoms with Crippen molar-refractivity contribution >= 4 is 0 Å². The summed E-state index contributed by atoms with van der Waals surface area (Å²) >= 11 is 0. The molecular formula is C20H59N3. The van der Waals surface area contributed by atoms with E-state index in [0.29, 0.717) is 0 Å². The van der Waals surface area contributed by atoms with Crippen LogP contribution in [0.15, 0.2) is 0 Å². The van der Waals surface area contributed by atoms with E-state index < -0.39 is 0 Å². The summed E-state index contributed by atoms with van der Waals surface area (Å²) in [5, 5.41) is 0. The highest BCUT2D eigenvalue weighted by Gasteiger charge is 2.05. The summed E-state index contributed by atoms with van der Waals surface area (Å²) in [6.07, 6.45) is 5.17. The zero-order valence-electron chi connectivity index (χ0n) is 12.0. The van der Waals surface area contributed by atoms with Crippen LogP contribution in [0, 0.1) is 0 Å². The Morgan fingerprint density at radius 3 is 0.957 bits per heavy atom. The van der Waals surface area contributed by atoms with Gasteiger partial charge in [-0.2, -0.15) is 0 Å². The van der Waals surface area contributed by atoms with Gasteiger partial charge in [0, 0.05) is 0 Å². The first-order chi connectivity index (χ1) is 7.60. The molecule has 0 fully saturated rings. The smallest absolute Gasteiger partial charge is 0.0512 e. The molecule has 154 valence electrons. The molecule has 0 aromatic rings. The molecule has 0 unspecified atom stereocenters. The van der Waals surface area contributed by atoms with Crippen LogP contribution >= 0.6 is 0 Å². The molecule has 0 saturated heterocycles. The first-order valence-corrected chi connectivity index (χ1v) is 6.65. The minimum Gasteiger partial charge on any atom is -0.294 e. The third kappa shape index (κ3) is 34.3. The van der Waals surface area contributed by atoms with Gasteiger partial charge in [0.25, 0.3) is 0 Å². The van der Waals surface area contributed by atoms with Gasteiger partial charge in [-0.15, -0.1) is 0 Å². The predicted octanol–water partition coefficient (Wildman–Crippen LogP) is 6.75. The molecule has 3 nitrogen and oxygen atoms in total. The van der Waals surface area contributed by atoms with Crippen LogP contribution in [0.25, 0.3) is 0 Å². The van der Waals surface area contributed by atoms with Gasteiger partial charge >= 0.3 is 0 Å². The highest BCUT2D eigenvalue weighted by Crippen LogP contribution is 1.96. The van der Waals surface area contributed by atoms with Crippen LogP contribution in [0.4, 0.5) is 0 Å². The molecule has 0 aliphatic rings. The highest BCUT2D eigenvalue weighted by molar-refractivity contribution is 4.54. The van der Waals surface area contributed by atoms with Crippen molar-refractivity contribution in [2.24, 2.45) is 0 Å². The van der Waals surface area contributed by atoms with Gasteiger partial charge in [-0.25, -0.2) is 0 Å². The first-order valence-electron chi connectivity index (χ1n) is 6.65. The van der Waals surface area contributed by atoms with Crippen LogP contribution in [0.5, 0.6) is 0 Å². The molecule has 0 aliphatic carbocycles. The van der Waals surface area contributed by atoms with Crippen molar-refractivity contribution in [2.45, 2.75) is 91.5 Å². The second-order valence-corrected chi connectivity index (χ2v) is 5.01. The maximum Gasteiger partial charge on any atom is 0.0512 e. The number of rotatable bonds is 10. The fraction of sp³-hybridized carbons (Fsp3) is 1.00. The Bertz CT molecular complexity index is 136.